The first kappa shape index (κ1) is 18.7. The first-order chi connectivity index (χ1) is 8.31. The average Bonchev–Trinajstić information content (AvgIpc) is 2.23. The summed E-state index contributed by atoms with van der Waals surface area (Å²) < 4.78 is 0. The topological polar surface area (TPSA) is 0 Å². The summed E-state index contributed by atoms with van der Waals surface area (Å²) in [5, 5.41) is 0. The van der Waals surface area contributed by atoms with Gasteiger partial charge in [-0.3, -0.25) is 0 Å². The molecule has 112 valence electrons. The molecule has 0 spiro atoms. The van der Waals surface area contributed by atoms with Gasteiger partial charge in [-0.05, 0) is 0 Å². The molecule has 0 aliphatic heterocycles. The molecular formula is C16H36ClP. The van der Waals surface area contributed by atoms with Crippen LogP contribution in [0.2, 0.25) is 0 Å². The van der Waals surface area contributed by atoms with Crippen molar-refractivity contribution in [3.8, 4) is 0 Å². The third kappa shape index (κ3) is 16.7. The van der Waals surface area contributed by atoms with Crippen LogP contribution >= 0.6 is 17.2 Å². The maximum atomic E-state index is 6.54. The molecule has 0 aliphatic carbocycles. The van der Waals surface area contributed by atoms with E-state index in [9.17, 15) is 0 Å². The zero-order valence-corrected chi connectivity index (χ0v) is 15.0. The molecule has 18 heavy (non-hydrogen) atoms. The molecule has 0 atom stereocenters. The van der Waals surface area contributed by atoms with E-state index in [0.29, 0.717) is 0 Å². The third-order valence-electron chi connectivity index (χ3n) is 3.52. The number of rotatable bonds is 12. The molecule has 0 unspecified atom stereocenters. The molecule has 0 aromatic heterocycles. The molecule has 0 N–H and O–H groups in total. The molecule has 0 saturated carbocycles. The maximum absolute atomic E-state index is 6.54. The van der Waals surface area contributed by atoms with Crippen molar-refractivity contribution in [2.75, 3.05) is 26.2 Å². The van der Waals surface area contributed by atoms with Gasteiger partial charge in [-0.15, -0.1) is 0 Å². The fraction of sp³-hybridized carbons (Fsp3) is 1.00. The molecule has 0 radical (unpaired) electrons. The molecule has 0 saturated heterocycles. The van der Waals surface area contributed by atoms with E-state index < -0.39 is 5.96 Å². The fourth-order valence-electron chi connectivity index (χ4n) is 2.31. The number of halogens is 1. The van der Waals surface area contributed by atoms with Crippen molar-refractivity contribution in [3.63, 3.8) is 0 Å². The van der Waals surface area contributed by atoms with Crippen molar-refractivity contribution in [3.05, 3.63) is 0 Å². The van der Waals surface area contributed by atoms with Crippen LogP contribution < -0.4 is 0 Å². The number of hydrogen-bond acceptors (Lipinski definition) is 0. The Labute approximate surface area is 121 Å². The predicted octanol–water partition coefficient (Wildman–Crippen LogP) is 6.89. The first-order valence-corrected chi connectivity index (χ1v) is 12.7. The van der Waals surface area contributed by atoms with Crippen LogP contribution in [0.25, 0.3) is 0 Å². The fourth-order valence-corrected chi connectivity index (χ4v) is 3.96. The number of hydrogen-bond donors (Lipinski definition) is 0. The standard InChI is InChI=1S/C16H36ClP/c1-5-6-7-8-9-10-11-12-13-14-15-16-18(2,3,4)17/h5-16H2,1-4H3. The SMILES string of the molecule is CCCCCCCCCCCCCP(C)(C)(C)Cl. The van der Waals surface area contributed by atoms with Crippen LogP contribution in [-0.4, -0.2) is 26.2 Å². The van der Waals surface area contributed by atoms with Crippen LogP contribution in [-0.2, 0) is 0 Å². The molecular weight excluding hydrogens is 259 g/mol. The zero-order chi connectivity index (χ0) is 13.9. The second-order valence-corrected chi connectivity index (χ2v) is 17.2. The van der Waals surface area contributed by atoms with Crippen molar-refractivity contribution in [2.24, 2.45) is 0 Å². The van der Waals surface area contributed by atoms with Gasteiger partial charge in [-0.2, -0.15) is 0 Å². The second-order valence-electron chi connectivity index (χ2n) is 7.18. The van der Waals surface area contributed by atoms with E-state index in [4.69, 9.17) is 11.2 Å². The van der Waals surface area contributed by atoms with Gasteiger partial charge in [-0.25, -0.2) is 0 Å². The third-order valence-corrected chi connectivity index (χ3v) is 5.85. The molecule has 0 aromatic rings. The van der Waals surface area contributed by atoms with Gasteiger partial charge in [0, 0.05) is 0 Å². The van der Waals surface area contributed by atoms with Gasteiger partial charge in [0.05, 0.1) is 0 Å². The van der Waals surface area contributed by atoms with Gasteiger partial charge in [0.2, 0.25) is 0 Å². The quantitative estimate of drug-likeness (QED) is 0.271. The molecule has 0 amide bonds. The van der Waals surface area contributed by atoms with Gasteiger partial charge in [0.1, 0.15) is 0 Å². The number of unbranched alkanes of at least 4 members (excludes halogenated alkanes) is 10. The van der Waals surface area contributed by atoms with Crippen LogP contribution in [0.1, 0.15) is 77.6 Å². The summed E-state index contributed by atoms with van der Waals surface area (Å²) in [6.07, 6.45) is 16.9. The molecule has 0 aliphatic rings. The van der Waals surface area contributed by atoms with E-state index in [2.05, 4.69) is 26.9 Å². The van der Waals surface area contributed by atoms with E-state index in [1.807, 2.05) is 0 Å². The van der Waals surface area contributed by atoms with Gasteiger partial charge >= 0.3 is 114 Å². The van der Waals surface area contributed by atoms with E-state index in [1.54, 1.807) is 0 Å². The van der Waals surface area contributed by atoms with Crippen LogP contribution in [0.5, 0.6) is 0 Å². The molecule has 0 fully saturated rings. The Balaban J connectivity index is 3.13. The van der Waals surface area contributed by atoms with Crippen LogP contribution in [0.4, 0.5) is 0 Å². The Morgan fingerprint density at radius 2 is 0.944 bits per heavy atom. The van der Waals surface area contributed by atoms with Crippen molar-refractivity contribution in [1.82, 2.24) is 0 Å². The van der Waals surface area contributed by atoms with Crippen molar-refractivity contribution in [2.45, 2.75) is 77.6 Å². The normalized spacial score (nSPS) is 14.4. The summed E-state index contributed by atoms with van der Waals surface area (Å²) in [7, 11) is 0. The van der Waals surface area contributed by atoms with E-state index in [0.717, 1.165) is 0 Å². The Kier molecular flexibility index (Phi) is 9.98. The molecule has 0 bridgehead atoms. The minimum atomic E-state index is -1.73. The molecule has 0 heterocycles. The summed E-state index contributed by atoms with van der Waals surface area (Å²) in [4.78, 5) is 0. The Bertz CT molecular complexity index is 184. The second kappa shape index (κ2) is 9.60. The Morgan fingerprint density at radius 1 is 0.611 bits per heavy atom. The molecule has 0 rings (SSSR count). The van der Waals surface area contributed by atoms with Crippen molar-refractivity contribution in [1.29, 1.82) is 0 Å². The van der Waals surface area contributed by atoms with Crippen LogP contribution in [0.15, 0.2) is 0 Å². The molecule has 0 nitrogen and oxygen atoms in total. The van der Waals surface area contributed by atoms with Gasteiger partial charge < -0.3 is 0 Å². The van der Waals surface area contributed by atoms with E-state index >= 15 is 0 Å². The Morgan fingerprint density at radius 3 is 1.28 bits per heavy atom. The summed E-state index contributed by atoms with van der Waals surface area (Å²) >= 11 is 6.54. The summed E-state index contributed by atoms with van der Waals surface area (Å²) in [6.45, 7) is 9.08. The first-order valence-electron chi connectivity index (χ1n) is 8.03. The summed E-state index contributed by atoms with van der Waals surface area (Å²) in [6, 6.07) is 0. The van der Waals surface area contributed by atoms with Gasteiger partial charge in [0.15, 0.2) is 0 Å². The van der Waals surface area contributed by atoms with Crippen LogP contribution in [0.3, 0.4) is 0 Å². The predicted molar refractivity (Wildman–Crippen MR) is 91.9 cm³/mol. The minimum absolute atomic E-state index is 1.25. The summed E-state index contributed by atoms with van der Waals surface area (Å²) in [5.41, 5.74) is 0. The monoisotopic (exact) mass is 294 g/mol. The summed E-state index contributed by atoms with van der Waals surface area (Å²) in [5.74, 6) is -1.73. The van der Waals surface area contributed by atoms with Gasteiger partial charge in [-0.1, -0.05) is 6.92 Å². The van der Waals surface area contributed by atoms with E-state index in [1.165, 1.54) is 76.8 Å². The van der Waals surface area contributed by atoms with E-state index in [-0.39, 0.29) is 0 Å². The Hall–Kier alpha value is 0.720. The van der Waals surface area contributed by atoms with Gasteiger partial charge in [0.25, 0.3) is 0 Å². The molecule has 2 heteroatoms. The molecule has 0 aromatic carbocycles. The average molecular weight is 295 g/mol. The van der Waals surface area contributed by atoms with Crippen molar-refractivity contribution < 1.29 is 0 Å². The van der Waals surface area contributed by atoms with Crippen LogP contribution in [0, 0.1) is 0 Å². The van der Waals surface area contributed by atoms with Crippen molar-refractivity contribution >= 4 is 17.2 Å². The zero-order valence-electron chi connectivity index (χ0n) is 13.3.